The Hall–Kier alpha value is 1.17. The molecule has 0 atom stereocenters. The van der Waals surface area contributed by atoms with E-state index in [0.717, 1.165) is 77.8 Å². The van der Waals surface area contributed by atoms with Gasteiger partial charge in [0, 0.05) is 0 Å². The van der Waals surface area contributed by atoms with Crippen molar-refractivity contribution in [3.8, 4) is 0 Å². The molecule has 0 saturated carbocycles. The summed E-state index contributed by atoms with van der Waals surface area (Å²) >= 11 is -3.72. The molecule has 0 rings (SSSR count). The first-order valence-corrected chi connectivity index (χ1v) is 48.6. The van der Waals surface area contributed by atoms with Gasteiger partial charge in [-0.25, -0.2) is 0 Å². The summed E-state index contributed by atoms with van der Waals surface area (Å²) in [5, 5.41) is 0. The van der Waals surface area contributed by atoms with Gasteiger partial charge in [-0.3, -0.25) is 0 Å². The van der Waals surface area contributed by atoms with Gasteiger partial charge in [-0.1, -0.05) is 285 Å². The average Bonchev–Trinajstić information content (AvgIpc) is 1.02. The van der Waals surface area contributed by atoms with Crippen LogP contribution in [0, 0.1) is 0 Å². The van der Waals surface area contributed by atoms with E-state index >= 15 is 0 Å². The first-order valence-electron chi connectivity index (χ1n) is 43.9. The topological polar surface area (TPSA) is 120 Å². The maximum absolute atomic E-state index is 11.7. The van der Waals surface area contributed by atoms with Crippen molar-refractivity contribution >= 4 is 17.2 Å². The van der Waals surface area contributed by atoms with Gasteiger partial charge in [0.2, 0.25) is 0 Å². The van der Waals surface area contributed by atoms with E-state index in [1.165, 1.54) is 385 Å². The van der Waals surface area contributed by atoms with E-state index in [1.807, 2.05) is 0 Å². The summed E-state index contributed by atoms with van der Waals surface area (Å²) in [6, 6.07) is 0. The quantitative estimate of drug-likeness (QED) is 0.0331. The van der Waals surface area contributed by atoms with Gasteiger partial charge in [0.25, 0.3) is 0 Å². The van der Waals surface area contributed by atoms with Gasteiger partial charge in [-0.15, -0.1) is 0 Å². The standard InChI is InChI=1S/2C26H54O3P.4C8H17O.Ti/c2*1-3-5-7-9-11-13-15-17-19-21-23-25-28-30(27)29-26-24-22-20-18-16-14-12-10-8-6-4-2;4*1-2-3-4-5-6-7-8-9;/h2*3-26H2,1-2H3;4*2-8H2,1H3;/q6*-1;+6. The van der Waals surface area contributed by atoms with Crippen molar-refractivity contribution in [2.45, 2.75) is 492 Å². The van der Waals surface area contributed by atoms with Gasteiger partial charge in [0.05, 0.1) is 43.6 Å². The van der Waals surface area contributed by atoms with E-state index in [0.29, 0.717) is 26.4 Å². The number of unbranched alkanes of at least 4 members (excludes halogenated alkanes) is 60. The van der Waals surface area contributed by atoms with Crippen LogP contribution in [0.15, 0.2) is 0 Å². The molecule has 0 saturated heterocycles. The number of rotatable bonds is 84. The van der Waals surface area contributed by atoms with Crippen LogP contribution in [0.5, 0.6) is 0 Å². The predicted molar refractivity (Wildman–Crippen MR) is 421 cm³/mol. The molecule has 586 valence electrons. The van der Waals surface area contributed by atoms with Crippen molar-refractivity contribution in [2.24, 2.45) is 0 Å². The van der Waals surface area contributed by atoms with E-state index < -0.39 is 35.3 Å². The SMILES string of the molecule is CCCCCCCCCCCCCOP([O-])OCCCCCCCCCCCCC.CCCCCCCCCCCCCOP([O-])OCCCCCCCCCCCCC.CCCCCCCC[O][Ti+2]([O]CCCCCCCC)([O]CCCCCCCC)[O]CCCCCCCC. The minimum absolute atomic E-state index is 0.574. The molecule has 0 heterocycles. The van der Waals surface area contributed by atoms with E-state index in [9.17, 15) is 9.79 Å². The van der Waals surface area contributed by atoms with Gasteiger partial charge in [0.1, 0.15) is 0 Å². The van der Waals surface area contributed by atoms with Gasteiger partial charge < -0.3 is 27.9 Å². The molecule has 0 aromatic carbocycles. The van der Waals surface area contributed by atoms with Crippen molar-refractivity contribution in [2.75, 3.05) is 52.9 Å². The normalized spacial score (nSPS) is 11.6. The summed E-state index contributed by atoms with van der Waals surface area (Å²) in [7, 11) is -3.81. The molecule has 0 aliphatic heterocycles. The number of hydrogen-bond donors (Lipinski definition) is 0. The van der Waals surface area contributed by atoms with Gasteiger partial charge in [-0.2, -0.15) is 0 Å². The van der Waals surface area contributed by atoms with E-state index in [4.69, 9.17) is 31.4 Å². The third-order valence-electron chi connectivity index (χ3n) is 18.9. The first-order chi connectivity index (χ1) is 47.9. The molecule has 10 nitrogen and oxygen atoms in total. The van der Waals surface area contributed by atoms with Crippen LogP contribution in [0.2, 0.25) is 0 Å². The van der Waals surface area contributed by atoms with Gasteiger partial charge in [0.15, 0.2) is 0 Å². The fraction of sp³-hybridized carbons (Fsp3) is 1.00. The van der Waals surface area contributed by atoms with Crippen LogP contribution in [0.4, 0.5) is 0 Å². The van der Waals surface area contributed by atoms with E-state index in [-0.39, 0.29) is 0 Å². The van der Waals surface area contributed by atoms with Crippen LogP contribution in [-0.2, 0) is 49.5 Å². The Morgan fingerprint density at radius 2 is 0.258 bits per heavy atom. The Morgan fingerprint density at radius 3 is 0.381 bits per heavy atom. The second-order valence-electron chi connectivity index (χ2n) is 28.9. The Bertz CT molecular complexity index is 1140. The molecule has 0 aromatic heterocycles. The molecule has 0 aliphatic rings. The molecular weight excluding hydrogens is 1280 g/mol. The minimum atomic E-state index is -3.72. The van der Waals surface area contributed by atoms with Crippen LogP contribution in [0.1, 0.15) is 492 Å². The Balaban J connectivity index is -0.00000138. The first kappa shape index (κ1) is 102. The molecule has 0 aromatic rings. The summed E-state index contributed by atoms with van der Waals surface area (Å²) in [6.07, 6.45) is 88.2. The van der Waals surface area contributed by atoms with E-state index in [2.05, 4.69) is 55.4 Å². The van der Waals surface area contributed by atoms with Crippen LogP contribution >= 0.6 is 17.2 Å². The average molecular weight is 1460 g/mol. The molecular formula is C84H176O10P2Ti. The molecule has 0 spiro atoms. The van der Waals surface area contributed by atoms with Gasteiger partial charge >= 0.3 is 240 Å². The van der Waals surface area contributed by atoms with Crippen molar-refractivity contribution in [1.29, 1.82) is 0 Å². The third kappa shape index (κ3) is 93.2. The molecule has 0 fully saturated rings. The summed E-state index contributed by atoms with van der Waals surface area (Å²) < 4.78 is 47.2. The van der Waals surface area contributed by atoms with Crippen molar-refractivity contribution < 1.29 is 59.3 Å². The van der Waals surface area contributed by atoms with Crippen LogP contribution in [0.25, 0.3) is 0 Å². The fourth-order valence-electron chi connectivity index (χ4n) is 12.3. The molecule has 13 heteroatoms. The van der Waals surface area contributed by atoms with Crippen LogP contribution in [-0.4, -0.2) is 52.9 Å². The zero-order chi connectivity index (χ0) is 71.1. The molecule has 0 amide bonds. The second-order valence-corrected chi connectivity index (χ2v) is 34.2. The Kier molecular flexibility index (Phi) is 100. The van der Waals surface area contributed by atoms with Crippen LogP contribution < -0.4 is 9.79 Å². The second kappa shape index (κ2) is 95.2. The molecule has 0 N–H and O–H groups in total. The summed E-state index contributed by atoms with van der Waals surface area (Å²) in [5.41, 5.74) is 0. The van der Waals surface area contributed by atoms with Crippen molar-refractivity contribution in [3.63, 3.8) is 0 Å². The fourth-order valence-corrected chi connectivity index (χ4v) is 16.8. The summed E-state index contributed by atoms with van der Waals surface area (Å²) in [5.74, 6) is 0. The summed E-state index contributed by atoms with van der Waals surface area (Å²) in [4.78, 5) is 23.4. The Morgan fingerprint density at radius 1 is 0.155 bits per heavy atom. The maximum atomic E-state index is 11.7. The monoisotopic (exact) mass is 1460 g/mol. The van der Waals surface area contributed by atoms with Crippen LogP contribution in [0.3, 0.4) is 0 Å². The predicted octanol–water partition coefficient (Wildman–Crippen LogP) is 29.8. The zero-order valence-electron chi connectivity index (χ0n) is 67.2. The van der Waals surface area contributed by atoms with E-state index in [1.54, 1.807) is 0 Å². The molecule has 0 radical (unpaired) electrons. The van der Waals surface area contributed by atoms with Crippen molar-refractivity contribution in [1.82, 2.24) is 0 Å². The molecule has 0 unspecified atom stereocenters. The summed E-state index contributed by atoms with van der Waals surface area (Å²) in [6.45, 7) is 23.3. The molecule has 97 heavy (non-hydrogen) atoms. The zero-order valence-corrected chi connectivity index (χ0v) is 70.6. The number of hydrogen-bond acceptors (Lipinski definition) is 10. The Labute approximate surface area is 617 Å². The molecule has 0 bridgehead atoms. The molecule has 0 aliphatic carbocycles. The van der Waals surface area contributed by atoms with Crippen molar-refractivity contribution in [3.05, 3.63) is 0 Å². The van der Waals surface area contributed by atoms with Gasteiger partial charge in [-0.05, 0) is 25.7 Å². The third-order valence-corrected chi connectivity index (χ3v) is 23.9.